The van der Waals surface area contributed by atoms with E-state index in [4.69, 9.17) is 4.74 Å². The highest BCUT2D eigenvalue weighted by Gasteiger charge is 2.40. The number of anilines is 1. The molecule has 0 bridgehead atoms. The number of sulfonamides is 1. The Bertz CT molecular complexity index is 1560. The van der Waals surface area contributed by atoms with Gasteiger partial charge < -0.3 is 4.74 Å². The van der Waals surface area contributed by atoms with Gasteiger partial charge in [-0.25, -0.2) is 12.7 Å². The number of amides is 2. The molecule has 1 aliphatic heterocycles. The van der Waals surface area contributed by atoms with Crippen LogP contribution in [0.2, 0.25) is 0 Å². The fraction of sp³-hybridized carbons (Fsp3) is 0.154. The predicted molar refractivity (Wildman–Crippen MR) is 139 cm³/mol. The van der Waals surface area contributed by atoms with Crippen LogP contribution in [0.1, 0.15) is 28.3 Å². The molecule has 1 aromatic heterocycles. The van der Waals surface area contributed by atoms with Crippen LogP contribution in [0.5, 0.6) is 5.75 Å². The quantitative estimate of drug-likeness (QED) is 0.378. The van der Waals surface area contributed by atoms with Gasteiger partial charge in [0.1, 0.15) is 15.7 Å². The van der Waals surface area contributed by atoms with Gasteiger partial charge in [0.05, 0.1) is 7.11 Å². The van der Waals surface area contributed by atoms with E-state index in [0.29, 0.717) is 5.01 Å². The molecule has 1 atom stereocenters. The fourth-order valence-corrected chi connectivity index (χ4v) is 6.52. The molecule has 5 rings (SSSR count). The second-order valence-electron chi connectivity index (χ2n) is 8.34. The van der Waals surface area contributed by atoms with Crippen molar-refractivity contribution in [1.29, 1.82) is 0 Å². The van der Waals surface area contributed by atoms with Gasteiger partial charge in [0, 0.05) is 30.0 Å². The molecule has 0 aliphatic carbocycles. The lowest BCUT2D eigenvalue weighted by atomic mass is 9.99. The Morgan fingerprint density at radius 3 is 2.43 bits per heavy atom. The van der Waals surface area contributed by atoms with Crippen LogP contribution in [-0.2, 0) is 14.8 Å². The average Bonchev–Trinajstić information content (AvgIpc) is 3.56. The standard InChI is InChI=1S/C26H22N4O5S2/c1-35-21-13-12-19(24(32)27-26-29-28-25(36-26)18-10-6-3-7-11-18)14-22(21)37(33,34)30-16-20(15-23(30)31)17-8-4-2-5-9-17/h2-14,20H,15-16H2,1H3,(H,27,29,32). The zero-order valence-electron chi connectivity index (χ0n) is 19.7. The molecule has 188 valence electrons. The van der Waals surface area contributed by atoms with Gasteiger partial charge in [-0.2, -0.15) is 0 Å². The Kier molecular flexibility index (Phi) is 6.72. The second kappa shape index (κ2) is 10.1. The van der Waals surface area contributed by atoms with E-state index in [1.165, 1.54) is 36.6 Å². The molecule has 0 saturated carbocycles. The first-order chi connectivity index (χ1) is 17.9. The molecule has 2 heterocycles. The molecule has 1 fully saturated rings. The van der Waals surface area contributed by atoms with E-state index in [2.05, 4.69) is 15.5 Å². The number of carbonyl (C=O) groups excluding carboxylic acids is 2. The molecule has 37 heavy (non-hydrogen) atoms. The monoisotopic (exact) mass is 534 g/mol. The van der Waals surface area contributed by atoms with E-state index in [-0.39, 0.29) is 40.2 Å². The maximum Gasteiger partial charge on any atom is 0.270 e. The van der Waals surface area contributed by atoms with Gasteiger partial charge in [0.25, 0.3) is 15.9 Å². The Hall–Kier alpha value is -4.09. The fourth-order valence-electron chi connectivity index (χ4n) is 4.14. The first-order valence-corrected chi connectivity index (χ1v) is 13.6. The molecule has 1 unspecified atom stereocenters. The SMILES string of the molecule is COc1ccc(C(=O)Nc2nnc(-c3ccccc3)s2)cc1S(=O)(=O)N1CC(c2ccccc2)CC1=O. The Morgan fingerprint density at radius 1 is 1.03 bits per heavy atom. The molecule has 11 heteroatoms. The van der Waals surface area contributed by atoms with Crippen LogP contribution in [0, 0.1) is 0 Å². The number of aromatic nitrogens is 2. The molecule has 3 aromatic carbocycles. The van der Waals surface area contributed by atoms with Crippen LogP contribution in [0.4, 0.5) is 5.13 Å². The molecule has 4 aromatic rings. The number of rotatable bonds is 7. The van der Waals surface area contributed by atoms with Crippen LogP contribution in [0.3, 0.4) is 0 Å². The van der Waals surface area contributed by atoms with Gasteiger partial charge in [-0.15, -0.1) is 10.2 Å². The Labute approximate surface area is 217 Å². The minimum atomic E-state index is -4.28. The van der Waals surface area contributed by atoms with Crippen LogP contribution in [-0.4, -0.2) is 48.4 Å². The maximum atomic E-state index is 13.6. The summed E-state index contributed by atoms with van der Waals surface area (Å²) in [5.41, 5.74) is 1.82. The van der Waals surface area contributed by atoms with Crippen molar-refractivity contribution in [2.45, 2.75) is 17.2 Å². The van der Waals surface area contributed by atoms with Gasteiger partial charge >= 0.3 is 0 Å². The van der Waals surface area contributed by atoms with Crippen molar-refractivity contribution in [3.63, 3.8) is 0 Å². The zero-order valence-corrected chi connectivity index (χ0v) is 21.3. The van der Waals surface area contributed by atoms with Crippen LogP contribution >= 0.6 is 11.3 Å². The van der Waals surface area contributed by atoms with Gasteiger partial charge in [-0.05, 0) is 23.8 Å². The lowest BCUT2D eigenvalue weighted by molar-refractivity contribution is -0.123. The molecule has 1 aliphatic rings. The number of carbonyl (C=O) groups is 2. The number of benzene rings is 3. The molecular formula is C26H22N4O5S2. The highest BCUT2D eigenvalue weighted by molar-refractivity contribution is 7.89. The number of hydrogen-bond acceptors (Lipinski definition) is 8. The van der Waals surface area contributed by atoms with E-state index in [9.17, 15) is 18.0 Å². The molecule has 1 saturated heterocycles. The van der Waals surface area contributed by atoms with Crippen LogP contribution in [0.25, 0.3) is 10.6 Å². The maximum absolute atomic E-state index is 13.6. The number of hydrogen-bond donors (Lipinski definition) is 1. The third-order valence-electron chi connectivity index (χ3n) is 6.02. The van der Waals surface area contributed by atoms with Crippen LogP contribution in [0.15, 0.2) is 83.8 Å². The number of ether oxygens (including phenoxy) is 1. The summed E-state index contributed by atoms with van der Waals surface area (Å²) < 4.78 is 33.3. The largest absolute Gasteiger partial charge is 0.495 e. The molecular weight excluding hydrogens is 512 g/mol. The van der Waals surface area contributed by atoms with Crippen molar-refractivity contribution in [2.75, 3.05) is 19.0 Å². The van der Waals surface area contributed by atoms with E-state index >= 15 is 0 Å². The van der Waals surface area contributed by atoms with E-state index in [1.54, 1.807) is 0 Å². The third kappa shape index (κ3) is 4.95. The van der Waals surface area contributed by atoms with Crippen molar-refractivity contribution in [3.8, 4) is 16.3 Å². The van der Waals surface area contributed by atoms with Crippen molar-refractivity contribution in [2.24, 2.45) is 0 Å². The normalized spacial score (nSPS) is 15.5. The third-order valence-corrected chi connectivity index (χ3v) is 8.71. The number of methoxy groups -OCH3 is 1. The lowest BCUT2D eigenvalue weighted by Gasteiger charge is -2.19. The first kappa shape index (κ1) is 24.6. The Morgan fingerprint density at radius 2 is 1.73 bits per heavy atom. The summed E-state index contributed by atoms with van der Waals surface area (Å²) in [6, 6.07) is 22.8. The highest BCUT2D eigenvalue weighted by Crippen LogP contribution is 2.35. The number of nitrogens with zero attached hydrogens (tertiary/aromatic N) is 3. The molecule has 9 nitrogen and oxygen atoms in total. The number of nitrogens with one attached hydrogen (secondary N) is 1. The van der Waals surface area contributed by atoms with Crippen molar-refractivity contribution in [3.05, 3.63) is 90.0 Å². The summed E-state index contributed by atoms with van der Waals surface area (Å²) in [7, 11) is -2.95. The van der Waals surface area contributed by atoms with E-state index in [1.807, 2.05) is 60.7 Å². The van der Waals surface area contributed by atoms with Gasteiger partial charge in [-0.3, -0.25) is 14.9 Å². The van der Waals surface area contributed by atoms with Crippen molar-refractivity contribution >= 4 is 38.3 Å². The summed E-state index contributed by atoms with van der Waals surface area (Å²) in [5.74, 6) is -1.29. The Balaban J connectivity index is 1.39. The first-order valence-electron chi connectivity index (χ1n) is 11.4. The zero-order chi connectivity index (χ0) is 26.0. The minimum Gasteiger partial charge on any atom is -0.495 e. The minimum absolute atomic E-state index is 0.0117. The molecule has 2 amide bonds. The highest BCUT2D eigenvalue weighted by atomic mass is 32.2. The molecule has 0 radical (unpaired) electrons. The summed E-state index contributed by atoms with van der Waals surface area (Å²) in [4.78, 5) is 25.5. The summed E-state index contributed by atoms with van der Waals surface area (Å²) in [6.45, 7) is 0.0117. The van der Waals surface area contributed by atoms with Gasteiger partial charge in [0.15, 0.2) is 0 Å². The summed E-state index contributed by atoms with van der Waals surface area (Å²) >= 11 is 1.20. The summed E-state index contributed by atoms with van der Waals surface area (Å²) in [6.07, 6.45) is 0.0759. The lowest BCUT2D eigenvalue weighted by Crippen LogP contribution is -2.32. The van der Waals surface area contributed by atoms with Crippen LogP contribution < -0.4 is 10.1 Å². The second-order valence-corrected chi connectivity index (χ2v) is 11.1. The topological polar surface area (TPSA) is 119 Å². The average molecular weight is 535 g/mol. The van der Waals surface area contributed by atoms with Gasteiger partial charge in [0.2, 0.25) is 11.0 Å². The van der Waals surface area contributed by atoms with Crippen molar-refractivity contribution < 1.29 is 22.7 Å². The van der Waals surface area contributed by atoms with Crippen molar-refractivity contribution in [1.82, 2.24) is 14.5 Å². The van der Waals surface area contributed by atoms with E-state index in [0.717, 1.165) is 15.4 Å². The molecule has 1 N–H and O–H groups in total. The van der Waals surface area contributed by atoms with E-state index < -0.39 is 21.8 Å². The summed E-state index contributed by atoms with van der Waals surface area (Å²) in [5, 5.41) is 11.7. The van der Waals surface area contributed by atoms with Gasteiger partial charge in [-0.1, -0.05) is 72.0 Å². The predicted octanol–water partition coefficient (Wildman–Crippen LogP) is 4.17. The smallest absolute Gasteiger partial charge is 0.270 e. The molecule has 0 spiro atoms.